The third-order valence-corrected chi connectivity index (χ3v) is 7.72. The van der Waals surface area contributed by atoms with Crippen molar-refractivity contribution in [2.75, 3.05) is 55.7 Å². The van der Waals surface area contributed by atoms with E-state index in [4.69, 9.17) is 9.72 Å². The summed E-state index contributed by atoms with van der Waals surface area (Å²) in [6.07, 6.45) is 6.19. The van der Waals surface area contributed by atoms with Gasteiger partial charge in [0.25, 0.3) is 0 Å². The second-order valence-electron chi connectivity index (χ2n) is 7.97. The molecular weight excluding hydrogens is 414 g/mol. The van der Waals surface area contributed by atoms with Crippen LogP contribution in [-0.2, 0) is 10.0 Å². The van der Waals surface area contributed by atoms with Gasteiger partial charge in [-0.1, -0.05) is 13.3 Å². The molecule has 0 spiro atoms. The zero-order valence-electron chi connectivity index (χ0n) is 18.1. The number of unbranched alkanes of at least 4 members (excludes halogenated alkanes) is 1. The largest absolute Gasteiger partial charge is 0.494 e. The van der Waals surface area contributed by atoms with Crippen molar-refractivity contribution >= 4 is 21.8 Å². The van der Waals surface area contributed by atoms with E-state index in [0.29, 0.717) is 43.4 Å². The maximum atomic E-state index is 13.1. The number of piperazine rings is 1. The van der Waals surface area contributed by atoms with Gasteiger partial charge in [-0.15, -0.1) is 0 Å². The van der Waals surface area contributed by atoms with E-state index in [1.54, 1.807) is 34.8 Å². The summed E-state index contributed by atoms with van der Waals surface area (Å²) < 4.78 is 33.3. The van der Waals surface area contributed by atoms with Crippen LogP contribution in [0.3, 0.4) is 0 Å². The van der Waals surface area contributed by atoms with Crippen molar-refractivity contribution in [1.82, 2.24) is 14.3 Å². The maximum absolute atomic E-state index is 13.1. The molecule has 9 heteroatoms. The van der Waals surface area contributed by atoms with Gasteiger partial charge in [0.1, 0.15) is 11.6 Å². The molecule has 0 bridgehead atoms. The highest BCUT2D eigenvalue weighted by atomic mass is 32.2. The molecule has 3 heterocycles. The smallest absolute Gasteiger partial charge is 0.243 e. The summed E-state index contributed by atoms with van der Waals surface area (Å²) in [5.74, 6) is 2.34. The lowest BCUT2D eigenvalue weighted by molar-refractivity contribution is 0.309. The average molecular weight is 446 g/mol. The highest BCUT2D eigenvalue weighted by Crippen LogP contribution is 2.24. The summed E-state index contributed by atoms with van der Waals surface area (Å²) in [6, 6.07) is 8.64. The number of sulfonamides is 1. The molecule has 2 aromatic rings. The fourth-order valence-corrected chi connectivity index (χ4v) is 5.36. The van der Waals surface area contributed by atoms with Gasteiger partial charge in [-0.3, -0.25) is 0 Å². The van der Waals surface area contributed by atoms with Gasteiger partial charge in [-0.25, -0.2) is 13.4 Å². The minimum Gasteiger partial charge on any atom is -0.494 e. The zero-order chi connectivity index (χ0) is 21.7. The van der Waals surface area contributed by atoms with Crippen molar-refractivity contribution in [3.05, 3.63) is 36.5 Å². The topological polar surface area (TPSA) is 78.9 Å². The van der Waals surface area contributed by atoms with Crippen LogP contribution in [0, 0.1) is 0 Å². The first-order valence-electron chi connectivity index (χ1n) is 11.1. The molecule has 1 aromatic carbocycles. The number of nitrogens with zero attached hydrogens (tertiary/aromatic N) is 5. The Morgan fingerprint density at radius 2 is 1.65 bits per heavy atom. The molecule has 0 atom stereocenters. The van der Waals surface area contributed by atoms with Crippen LogP contribution in [0.1, 0.15) is 32.6 Å². The highest BCUT2D eigenvalue weighted by Gasteiger charge is 2.29. The number of aromatic nitrogens is 2. The summed E-state index contributed by atoms with van der Waals surface area (Å²) >= 11 is 0. The van der Waals surface area contributed by atoms with Gasteiger partial charge in [0.05, 0.1) is 11.5 Å². The van der Waals surface area contributed by atoms with Crippen molar-refractivity contribution < 1.29 is 13.2 Å². The van der Waals surface area contributed by atoms with E-state index in [1.165, 1.54) is 12.8 Å². The molecule has 2 aliphatic rings. The fourth-order valence-electron chi connectivity index (χ4n) is 3.93. The first-order valence-corrected chi connectivity index (χ1v) is 12.6. The lowest BCUT2D eigenvalue weighted by Gasteiger charge is -2.34. The Hall–Kier alpha value is -2.39. The van der Waals surface area contributed by atoms with Gasteiger partial charge in [0.2, 0.25) is 16.0 Å². The molecule has 0 amide bonds. The van der Waals surface area contributed by atoms with E-state index in [9.17, 15) is 8.42 Å². The van der Waals surface area contributed by atoms with E-state index in [0.717, 1.165) is 37.7 Å². The third kappa shape index (κ3) is 5.10. The lowest BCUT2D eigenvalue weighted by atomic mass is 10.3. The Morgan fingerprint density at radius 3 is 2.32 bits per heavy atom. The Kier molecular flexibility index (Phi) is 6.92. The molecule has 0 saturated carbocycles. The van der Waals surface area contributed by atoms with Crippen molar-refractivity contribution in [1.29, 1.82) is 0 Å². The van der Waals surface area contributed by atoms with Crippen LogP contribution in [0.2, 0.25) is 0 Å². The number of anilines is 2. The van der Waals surface area contributed by atoms with Crippen molar-refractivity contribution in [2.45, 2.75) is 37.5 Å². The van der Waals surface area contributed by atoms with Crippen molar-refractivity contribution in [3.63, 3.8) is 0 Å². The summed E-state index contributed by atoms with van der Waals surface area (Å²) in [5, 5.41) is 0. The van der Waals surface area contributed by atoms with E-state index in [1.807, 2.05) is 6.07 Å². The Bertz CT molecular complexity index is 953. The van der Waals surface area contributed by atoms with Crippen LogP contribution < -0.4 is 14.5 Å². The number of ether oxygens (including phenoxy) is 1. The second-order valence-corrected chi connectivity index (χ2v) is 9.91. The third-order valence-electron chi connectivity index (χ3n) is 5.81. The van der Waals surface area contributed by atoms with Crippen LogP contribution in [0.25, 0.3) is 0 Å². The predicted octanol–water partition coefficient (Wildman–Crippen LogP) is 2.77. The molecule has 0 radical (unpaired) electrons. The minimum atomic E-state index is -3.52. The maximum Gasteiger partial charge on any atom is 0.243 e. The number of hydrogen-bond acceptors (Lipinski definition) is 7. The van der Waals surface area contributed by atoms with Gasteiger partial charge < -0.3 is 14.5 Å². The highest BCUT2D eigenvalue weighted by molar-refractivity contribution is 7.89. The van der Waals surface area contributed by atoms with Crippen LogP contribution in [-0.4, -0.2) is 68.6 Å². The molecular formula is C22H31N5O3S. The molecule has 4 rings (SSSR count). The number of rotatable bonds is 8. The molecule has 168 valence electrons. The van der Waals surface area contributed by atoms with Crippen LogP contribution >= 0.6 is 0 Å². The molecule has 1 aromatic heterocycles. The fraction of sp³-hybridized carbons (Fsp3) is 0.545. The van der Waals surface area contributed by atoms with Gasteiger partial charge >= 0.3 is 0 Å². The van der Waals surface area contributed by atoms with Crippen molar-refractivity contribution in [3.8, 4) is 5.75 Å². The molecule has 31 heavy (non-hydrogen) atoms. The molecule has 2 saturated heterocycles. The van der Waals surface area contributed by atoms with Gasteiger partial charge in [0.15, 0.2) is 0 Å². The Labute approximate surface area is 184 Å². The summed E-state index contributed by atoms with van der Waals surface area (Å²) in [5.41, 5.74) is 0. The van der Waals surface area contributed by atoms with E-state index in [2.05, 4.69) is 21.7 Å². The normalized spacial score (nSPS) is 17.8. The molecule has 0 unspecified atom stereocenters. The van der Waals surface area contributed by atoms with E-state index < -0.39 is 10.0 Å². The Morgan fingerprint density at radius 1 is 0.935 bits per heavy atom. The second kappa shape index (κ2) is 9.82. The van der Waals surface area contributed by atoms with E-state index in [-0.39, 0.29) is 0 Å². The molecule has 8 nitrogen and oxygen atoms in total. The Balaban J connectivity index is 1.37. The van der Waals surface area contributed by atoms with Crippen LogP contribution in [0.5, 0.6) is 5.75 Å². The van der Waals surface area contributed by atoms with Crippen molar-refractivity contribution in [2.24, 2.45) is 0 Å². The molecule has 0 N–H and O–H groups in total. The first kappa shape index (κ1) is 21.8. The van der Waals surface area contributed by atoms with Crippen LogP contribution in [0.15, 0.2) is 41.4 Å². The van der Waals surface area contributed by atoms with Crippen LogP contribution in [0.4, 0.5) is 11.8 Å². The molecule has 0 aliphatic carbocycles. The predicted molar refractivity (Wildman–Crippen MR) is 121 cm³/mol. The summed E-state index contributed by atoms with van der Waals surface area (Å²) in [4.78, 5) is 13.8. The zero-order valence-corrected chi connectivity index (χ0v) is 18.9. The van der Waals surface area contributed by atoms with Gasteiger partial charge in [0, 0.05) is 45.5 Å². The quantitative estimate of drug-likeness (QED) is 0.578. The van der Waals surface area contributed by atoms with Gasteiger partial charge in [-0.2, -0.15) is 9.29 Å². The SMILES string of the molecule is CCCCOc1ccc(S(=O)(=O)N2CCN(c3ccnc(N4CCCC4)n3)CC2)cc1. The standard InChI is InChI=1S/C22H31N5O3S/c1-2-3-18-30-19-6-8-20(9-7-19)31(28,29)27-16-14-25(15-17-27)21-10-11-23-22(24-21)26-12-4-5-13-26/h6-11H,2-5,12-18H2,1H3. The van der Waals surface area contributed by atoms with E-state index >= 15 is 0 Å². The molecule has 2 fully saturated rings. The average Bonchev–Trinajstić information content (AvgIpc) is 3.35. The first-order chi connectivity index (χ1) is 15.1. The monoisotopic (exact) mass is 445 g/mol. The number of benzene rings is 1. The molecule has 2 aliphatic heterocycles. The minimum absolute atomic E-state index is 0.308. The number of hydrogen-bond donors (Lipinski definition) is 0. The lowest BCUT2D eigenvalue weighted by Crippen LogP contribution is -2.49. The van der Waals surface area contributed by atoms with Gasteiger partial charge in [-0.05, 0) is 49.6 Å². The summed E-state index contributed by atoms with van der Waals surface area (Å²) in [7, 11) is -3.52. The summed E-state index contributed by atoms with van der Waals surface area (Å²) in [6.45, 7) is 6.82.